The molecule has 94 valence electrons. The van der Waals surface area contributed by atoms with Crippen molar-refractivity contribution in [2.75, 3.05) is 25.4 Å². The Morgan fingerprint density at radius 2 is 2.18 bits per heavy atom. The number of aliphatic hydroxyl groups excluding tert-OH is 1. The van der Waals surface area contributed by atoms with Gasteiger partial charge in [-0.2, -0.15) is 11.8 Å². The lowest BCUT2D eigenvalue weighted by Gasteiger charge is -2.31. The van der Waals surface area contributed by atoms with Crippen LogP contribution in [0.2, 0.25) is 0 Å². The Labute approximate surface area is 108 Å². The van der Waals surface area contributed by atoms with E-state index in [1.54, 1.807) is 0 Å². The fraction of sp³-hybridized carbons (Fsp3) is 0.571. The largest absolute Gasteiger partial charge is 0.388 e. The minimum atomic E-state index is -0.318. The summed E-state index contributed by atoms with van der Waals surface area (Å²) in [5, 5.41) is 10.8. The second kappa shape index (κ2) is 6.43. The van der Waals surface area contributed by atoms with Crippen LogP contribution in [0.15, 0.2) is 30.3 Å². The Kier molecular flexibility index (Phi) is 4.89. The van der Waals surface area contributed by atoms with Crippen LogP contribution in [0.25, 0.3) is 0 Å². The molecule has 1 fully saturated rings. The fourth-order valence-electron chi connectivity index (χ4n) is 2.24. The molecule has 1 aliphatic heterocycles. The van der Waals surface area contributed by atoms with Crippen LogP contribution < -0.4 is 0 Å². The van der Waals surface area contributed by atoms with Crippen molar-refractivity contribution in [3.05, 3.63) is 35.9 Å². The van der Waals surface area contributed by atoms with Gasteiger partial charge in [0.05, 0.1) is 6.10 Å². The van der Waals surface area contributed by atoms with Crippen molar-refractivity contribution in [2.45, 2.75) is 24.7 Å². The van der Waals surface area contributed by atoms with E-state index in [0.717, 1.165) is 36.9 Å². The third kappa shape index (κ3) is 4.02. The first kappa shape index (κ1) is 12.9. The van der Waals surface area contributed by atoms with Gasteiger partial charge in [0.15, 0.2) is 0 Å². The molecule has 2 atom stereocenters. The van der Waals surface area contributed by atoms with Gasteiger partial charge in [-0.15, -0.1) is 0 Å². The van der Waals surface area contributed by atoms with Crippen molar-refractivity contribution >= 4 is 11.8 Å². The molecule has 0 bridgehead atoms. The first-order chi connectivity index (χ1) is 8.25. The monoisotopic (exact) mass is 251 g/mol. The quantitative estimate of drug-likeness (QED) is 0.889. The Bertz CT molecular complexity index is 330. The zero-order valence-corrected chi connectivity index (χ0v) is 11.2. The van der Waals surface area contributed by atoms with Crippen molar-refractivity contribution < 1.29 is 5.11 Å². The van der Waals surface area contributed by atoms with Crippen molar-refractivity contribution in [1.82, 2.24) is 4.90 Å². The van der Waals surface area contributed by atoms with Crippen molar-refractivity contribution in [1.29, 1.82) is 0 Å². The number of rotatable bonds is 4. The maximum Gasteiger partial charge on any atom is 0.0802 e. The summed E-state index contributed by atoms with van der Waals surface area (Å²) in [4.78, 5) is 2.47. The van der Waals surface area contributed by atoms with Crippen molar-refractivity contribution in [2.24, 2.45) is 0 Å². The third-order valence-electron chi connectivity index (χ3n) is 3.23. The van der Waals surface area contributed by atoms with Crippen LogP contribution in [0.4, 0.5) is 0 Å². The molecule has 3 heteroatoms. The Morgan fingerprint density at radius 3 is 2.88 bits per heavy atom. The normalized spacial score (nSPS) is 23.5. The zero-order valence-electron chi connectivity index (χ0n) is 10.4. The molecule has 2 unspecified atom stereocenters. The van der Waals surface area contributed by atoms with Crippen LogP contribution in [0.5, 0.6) is 0 Å². The smallest absolute Gasteiger partial charge is 0.0802 e. The van der Waals surface area contributed by atoms with Gasteiger partial charge < -0.3 is 10.0 Å². The van der Waals surface area contributed by atoms with Gasteiger partial charge in [-0.1, -0.05) is 37.3 Å². The lowest BCUT2D eigenvalue weighted by atomic mass is 10.1. The summed E-state index contributed by atoms with van der Waals surface area (Å²) < 4.78 is 0. The summed E-state index contributed by atoms with van der Waals surface area (Å²) in [6.45, 7) is 5.61. The van der Waals surface area contributed by atoms with Crippen LogP contribution in [0, 0.1) is 0 Å². The lowest BCUT2D eigenvalue weighted by molar-refractivity contribution is 0.143. The van der Waals surface area contributed by atoms with E-state index >= 15 is 0 Å². The highest BCUT2D eigenvalue weighted by Crippen LogP contribution is 2.20. The van der Waals surface area contributed by atoms with E-state index in [0.29, 0.717) is 0 Å². The van der Waals surface area contributed by atoms with Gasteiger partial charge in [0, 0.05) is 30.6 Å². The number of benzene rings is 1. The van der Waals surface area contributed by atoms with E-state index in [-0.39, 0.29) is 6.10 Å². The summed E-state index contributed by atoms with van der Waals surface area (Å²) in [5.41, 5.74) is 1.03. The SMILES string of the molecule is CC1CN(CCC(O)c2ccccc2)CCS1. The van der Waals surface area contributed by atoms with E-state index in [4.69, 9.17) is 0 Å². The molecule has 1 aliphatic rings. The summed E-state index contributed by atoms with van der Waals surface area (Å²) in [6, 6.07) is 9.95. The number of thioether (sulfide) groups is 1. The minimum absolute atomic E-state index is 0.318. The molecule has 1 N–H and O–H groups in total. The van der Waals surface area contributed by atoms with Gasteiger partial charge in [-0.25, -0.2) is 0 Å². The summed E-state index contributed by atoms with van der Waals surface area (Å²) in [6.07, 6.45) is 0.516. The lowest BCUT2D eigenvalue weighted by Crippen LogP contribution is -2.37. The van der Waals surface area contributed by atoms with Crippen LogP contribution in [-0.2, 0) is 0 Å². The number of hydrogen-bond acceptors (Lipinski definition) is 3. The summed E-state index contributed by atoms with van der Waals surface area (Å²) in [5.74, 6) is 1.22. The number of aliphatic hydroxyl groups is 1. The molecule has 0 saturated carbocycles. The molecule has 0 radical (unpaired) electrons. The molecule has 1 aromatic rings. The molecule has 2 rings (SSSR count). The maximum absolute atomic E-state index is 10.1. The molecule has 0 aliphatic carbocycles. The molecule has 1 aromatic carbocycles. The maximum atomic E-state index is 10.1. The van der Waals surface area contributed by atoms with Gasteiger partial charge in [0.2, 0.25) is 0 Å². The van der Waals surface area contributed by atoms with Gasteiger partial charge in [-0.3, -0.25) is 0 Å². The average Bonchev–Trinajstić information content (AvgIpc) is 2.37. The summed E-state index contributed by atoms with van der Waals surface area (Å²) >= 11 is 2.05. The molecule has 0 aromatic heterocycles. The fourth-order valence-corrected chi connectivity index (χ4v) is 3.32. The highest BCUT2D eigenvalue weighted by molar-refractivity contribution is 7.99. The van der Waals surface area contributed by atoms with Crippen molar-refractivity contribution in [3.63, 3.8) is 0 Å². The summed E-state index contributed by atoms with van der Waals surface area (Å²) in [7, 11) is 0. The standard InChI is InChI=1S/C14H21NOS/c1-12-11-15(9-10-17-12)8-7-14(16)13-5-3-2-4-6-13/h2-6,12,14,16H,7-11H2,1H3. The second-order valence-corrected chi connectivity index (χ2v) is 6.24. The first-order valence-electron chi connectivity index (χ1n) is 6.32. The predicted octanol–water partition coefficient (Wildman–Crippen LogP) is 2.55. The number of nitrogens with zero attached hydrogens (tertiary/aromatic N) is 1. The van der Waals surface area contributed by atoms with E-state index in [9.17, 15) is 5.11 Å². The van der Waals surface area contributed by atoms with Gasteiger partial charge >= 0.3 is 0 Å². The molecule has 1 saturated heterocycles. The van der Waals surface area contributed by atoms with E-state index < -0.39 is 0 Å². The average molecular weight is 251 g/mol. The van der Waals surface area contributed by atoms with Crippen molar-refractivity contribution in [3.8, 4) is 0 Å². The van der Waals surface area contributed by atoms with E-state index in [1.165, 1.54) is 5.75 Å². The van der Waals surface area contributed by atoms with E-state index in [2.05, 4.69) is 11.8 Å². The van der Waals surface area contributed by atoms with Crippen LogP contribution >= 0.6 is 11.8 Å². The molecule has 0 spiro atoms. The second-order valence-electron chi connectivity index (χ2n) is 4.70. The molecular formula is C14H21NOS. The predicted molar refractivity (Wildman–Crippen MR) is 74.4 cm³/mol. The van der Waals surface area contributed by atoms with Crippen LogP contribution in [0.1, 0.15) is 25.0 Å². The van der Waals surface area contributed by atoms with Gasteiger partial charge in [-0.05, 0) is 12.0 Å². The zero-order chi connectivity index (χ0) is 12.1. The minimum Gasteiger partial charge on any atom is -0.388 e. The Morgan fingerprint density at radius 1 is 1.41 bits per heavy atom. The molecule has 1 heterocycles. The van der Waals surface area contributed by atoms with Crippen LogP contribution in [0.3, 0.4) is 0 Å². The third-order valence-corrected chi connectivity index (χ3v) is 4.36. The topological polar surface area (TPSA) is 23.5 Å². The van der Waals surface area contributed by atoms with Gasteiger partial charge in [0.1, 0.15) is 0 Å². The highest BCUT2D eigenvalue weighted by Gasteiger charge is 2.17. The van der Waals surface area contributed by atoms with E-state index in [1.807, 2.05) is 42.1 Å². The Balaban J connectivity index is 1.78. The molecule has 0 amide bonds. The molecular weight excluding hydrogens is 230 g/mol. The van der Waals surface area contributed by atoms with Crippen LogP contribution in [-0.4, -0.2) is 40.6 Å². The first-order valence-corrected chi connectivity index (χ1v) is 7.37. The number of hydrogen-bond donors (Lipinski definition) is 1. The molecule has 17 heavy (non-hydrogen) atoms. The molecule has 2 nitrogen and oxygen atoms in total. The van der Waals surface area contributed by atoms with Gasteiger partial charge in [0.25, 0.3) is 0 Å². The highest BCUT2D eigenvalue weighted by atomic mass is 32.2. The Hall–Kier alpha value is -0.510.